The van der Waals surface area contributed by atoms with Crippen LogP contribution < -0.4 is 10.6 Å². The molecule has 3 aromatic carbocycles. The van der Waals surface area contributed by atoms with Crippen molar-refractivity contribution >= 4 is 23.2 Å². The Morgan fingerprint density at radius 1 is 0.692 bits per heavy atom. The maximum absolute atomic E-state index is 12.7. The Hall–Kier alpha value is -3.60. The van der Waals surface area contributed by atoms with E-state index in [9.17, 15) is 14.7 Å². The first kappa shape index (κ1) is 17.2. The summed E-state index contributed by atoms with van der Waals surface area (Å²) >= 11 is 0. The number of phenols is 1. The number of benzene rings is 3. The standard InChI is InChI=1S/C21H18N2O3/c1-14-8-2-5-11-17(14)22-20(25)15-9-3-6-12-18(15)23-21(26)16-10-4-7-13-19(16)24/h2-13,24H,1H3,(H,22,25)(H,23,26). The van der Waals surface area contributed by atoms with Crippen molar-refractivity contribution in [2.24, 2.45) is 0 Å². The monoisotopic (exact) mass is 346 g/mol. The fraction of sp³-hybridized carbons (Fsp3) is 0.0476. The van der Waals surface area contributed by atoms with E-state index in [2.05, 4.69) is 10.6 Å². The zero-order chi connectivity index (χ0) is 18.5. The molecule has 0 aliphatic carbocycles. The molecule has 2 amide bonds. The van der Waals surface area contributed by atoms with Crippen LogP contribution >= 0.6 is 0 Å². The van der Waals surface area contributed by atoms with E-state index < -0.39 is 5.91 Å². The topological polar surface area (TPSA) is 78.4 Å². The summed E-state index contributed by atoms with van der Waals surface area (Å²) < 4.78 is 0. The highest BCUT2D eigenvalue weighted by atomic mass is 16.3. The third-order valence-corrected chi connectivity index (χ3v) is 3.96. The molecule has 0 aliphatic rings. The molecule has 0 spiro atoms. The van der Waals surface area contributed by atoms with Crippen LogP contribution in [-0.4, -0.2) is 16.9 Å². The van der Waals surface area contributed by atoms with Gasteiger partial charge in [0.15, 0.2) is 0 Å². The summed E-state index contributed by atoms with van der Waals surface area (Å²) in [5, 5.41) is 15.4. The third kappa shape index (κ3) is 3.72. The van der Waals surface area contributed by atoms with E-state index in [-0.39, 0.29) is 17.2 Å². The molecule has 3 N–H and O–H groups in total. The molecule has 0 saturated heterocycles. The first-order valence-corrected chi connectivity index (χ1v) is 8.11. The predicted octanol–water partition coefficient (Wildman–Crippen LogP) is 4.21. The molecule has 3 aromatic rings. The van der Waals surface area contributed by atoms with E-state index >= 15 is 0 Å². The average Bonchev–Trinajstić information content (AvgIpc) is 2.64. The molecule has 0 fully saturated rings. The molecule has 0 bridgehead atoms. The van der Waals surface area contributed by atoms with Crippen molar-refractivity contribution in [1.29, 1.82) is 0 Å². The second-order valence-corrected chi connectivity index (χ2v) is 5.79. The number of anilines is 2. The molecule has 26 heavy (non-hydrogen) atoms. The number of carbonyl (C=O) groups excluding carboxylic acids is 2. The number of nitrogens with one attached hydrogen (secondary N) is 2. The summed E-state index contributed by atoms with van der Waals surface area (Å²) in [6, 6.07) is 20.4. The van der Waals surface area contributed by atoms with Crippen molar-refractivity contribution < 1.29 is 14.7 Å². The van der Waals surface area contributed by atoms with Crippen molar-refractivity contribution in [2.75, 3.05) is 10.6 Å². The van der Waals surface area contributed by atoms with Crippen LogP contribution in [0.1, 0.15) is 26.3 Å². The van der Waals surface area contributed by atoms with Gasteiger partial charge in [-0.2, -0.15) is 0 Å². The van der Waals surface area contributed by atoms with Gasteiger partial charge in [0, 0.05) is 5.69 Å². The number of aromatic hydroxyl groups is 1. The van der Waals surface area contributed by atoms with Crippen LogP contribution in [0.25, 0.3) is 0 Å². The van der Waals surface area contributed by atoms with Crippen molar-refractivity contribution in [3.63, 3.8) is 0 Å². The van der Waals surface area contributed by atoms with Crippen molar-refractivity contribution in [1.82, 2.24) is 0 Å². The highest BCUT2D eigenvalue weighted by Gasteiger charge is 2.16. The number of rotatable bonds is 4. The van der Waals surface area contributed by atoms with Gasteiger partial charge in [0.25, 0.3) is 11.8 Å². The number of hydrogen-bond acceptors (Lipinski definition) is 3. The third-order valence-electron chi connectivity index (χ3n) is 3.96. The molecule has 0 saturated carbocycles. The van der Waals surface area contributed by atoms with Crippen LogP contribution in [0.4, 0.5) is 11.4 Å². The molecule has 0 atom stereocenters. The van der Waals surface area contributed by atoms with Gasteiger partial charge < -0.3 is 15.7 Å². The molecule has 0 heterocycles. The Morgan fingerprint density at radius 3 is 1.88 bits per heavy atom. The first-order chi connectivity index (χ1) is 12.6. The first-order valence-electron chi connectivity index (χ1n) is 8.11. The average molecular weight is 346 g/mol. The number of aryl methyl sites for hydroxylation is 1. The van der Waals surface area contributed by atoms with Crippen LogP contribution in [0.15, 0.2) is 72.8 Å². The Balaban J connectivity index is 1.84. The molecule has 0 aliphatic heterocycles. The van der Waals surface area contributed by atoms with Crippen molar-refractivity contribution in [3.8, 4) is 5.75 Å². The maximum atomic E-state index is 12.7. The van der Waals surface area contributed by atoms with Gasteiger partial charge in [0.05, 0.1) is 16.8 Å². The number of para-hydroxylation sites is 3. The van der Waals surface area contributed by atoms with E-state index in [0.717, 1.165) is 5.56 Å². The van der Waals surface area contributed by atoms with Gasteiger partial charge in [-0.25, -0.2) is 0 Å². The highest BCUT2D eigenvalue weighted by molar-refractivity contribution is 6.13. The van der Waals surface area contributed by atoms with Gasteiger partial charge >= 0.3 is 0 Å². The number of hydrogen-bond donors (Lipinski definition) is 3. The van der Waals surface area contributed by atoms with Crippen molar-refractivity contribution in [3.05, 3.63) is 89.5 Å². The summed E-state index contributed by atoms with van der Waals surface area (Å²) in [4.78, 5) is 25.1. The highest BCUT2D eigenvalue weighted by Crippen LogP contribution is 2.22. The Bertz CT molecular complexity index is 967. The van der Waals surface area contributed by atoms with Gasteiger partial charge in [0.1, 0.15) is 5.75 Å². The zero-order valence-corrected chi connectivity index (χ0v) is 14.2. The zero-order valence-electron chi connectivity index (χ0n) is 14.2. The summed E-state index contributed by atoms with van der Waals surface area (Å²) in [7, 11) is 0. The normalized spacial score (nSPS) is 10.2. The molecular formula is C21H18N2O3. The van der Waals surface area contributed by atoms with Gasteiger partial charge in [0.2, 0.25) is 0 Å². The Morgan fingerprint density at radius 2 is 1.19 bits per heavy atom. The molecule has 0 unspecified atom stereocenters. The van der Waals surface area contributed by atoms with E-state index in [4.69, 9.17) is 0 Å². The maximum Gasteiger partial charge on any atom is 0.259 e. The summed E-state index contributed by atoms with van der Waals surface area (Å²) in [5.74, 6) is -0.932. The summed E-state index contributed by atoms with van der Waals surface area (Å²) in [5.41, 5.74) is 2.49. The molecule has 5 nitrogen and oxygen atoms in total. The van der Waals surface area contributed by atoms with Gasteiger partial charge in [-0.05, 0) is 42.8 Å². The van der Waals surface area contributed by atoms with Crippen LogP contribution in [0.5, 0.6) is 5.75 Å². The smallest absolute Gasteiger partial charge is 0.259 e. The minimum absolute atomic E-state index is 0.119. The molecule has 0 radical (unpaired) electrons. The number of carbonyl (C=O) groups is 2. The lowest BCUT2D eigenvalue weighted by atomic mass is 10.1. The quantitative estimate of drug-likeness (QED) is 0.662. The van der Waals surface area contributed by atoms with E-state index in [1.165, 1.54) is 12.1 Å². The predicted molar refractivity (Wildman–Crippen MR) is 102 cm³/mol. The van der Waals surface area contributed by atoms with E-state index in [0.29, 0.717) is 16.9 Å². The lowest BCUT2D eigenvalue weighted by Crippen LogP contribution is -2.18. The fourth-order valence-corrected chi connectivity index (χ4v) is 2.55. The minimum atomic E-state index is -0.487. The lowest BCUT2D eigenvalue weighted by molar-refractivity contribution is 0.102. The molecule has 3 rings (SSSR count). The largest absolute Gasteiger partial charge is 0.507 e. The molecule has 5 heteroatoms. The Kier molecular flexibility index (Phi) is 4.99. The molecule has 0 aromatic heterocycles. The number of amides is 2. The van der Waals surface area contributed by atoms with Crippen LogP contribution in [0.2, 0.25) is 0 Å². The summed E-state index contributed by atoms with van der Waals surface area (Å²) in [6.45, 7) is 1.90. The summed E-state index contributed by atoms with van der Waals surface area (Å²) in [6.07, 6.45) is 0. The van der Waals surface area contributed by atoms with Crippen LogP contribution in [-0.2, 0) is 0 Å². The fourth-order valence-electron chi connectivity index (χ4n) is 2.55. The van der Waals surface area contributed by atoms with Gasteiger partial charge in [-0.1, -0.05) is 42.5 Å². The van der Waals surface area contributed by atoms with E-state index in [1.807, 2.05) is 31.2 Å². The second kappa shape index (κ2) is 7.53. The van der Waals surface area contributed by atoms with E-state index in [1.54, 1.807) is 36.4 Å². The lowest BCUT2D eigenvalue weighted by Gasteiger charge is -2.13. The Labute approximate surface area is 151 Å². The second-order valence-electron chi connectivity index (χ2n) is 5.79. The molecular weight excluding hydrogens is 328 g/mol. The SMILES string of the molecule is Cc1ccccc1NC(=O)c1ccccc1NC(=O)c1ccccc1O. The van der Waals surface area contributed by atoms with Crippen molar-refractivity contribution in [2.45, 2.75) is 6.92 Å². The number of phenolic OH excluding ortho intramolecular Hbond substituents is 1. The van der Waals surface area contributed by atoms with Crippen LogP contribution in [0, 0.1) is 6.92 Å². The minimum Gasteiger partial charge on any atom is -0.507 e. The van der Waals surface area contributed by atoms with Gasteiger partial charge in [-0.3, -0.25) is 9.59 Å². The van der Waals surface area contributed by atoms with Crippen LogP contribution in [0.3, 0.4) is 0 Å². The molecule has 130 valence electrons. The van der Waals surface area contributed by atoms with Gasteiger partial charge in [-0.15, -0.1) is 0 Å².